The van der Waals surface area contributed by atoms with Crippen molar-refractivity contribution in [2.24, 2.45) is 0 Å². The Balaban J connectivity index is 1.73. The normalized spacial score (nSPS) is 17.0. The monoisotopic (exact) mass is 478 g/mol. The molecule has 1 aliphatic carbocycles. The SMILES string of the molecule is Cc1ccc(C(=O)NC2(NC(=O)c3ccccc3)C=Cc3cc(S(=O)(=O)O)cc(O)c3C2)cc1. The summed E-state index contributed by atoms with van der Waals surface area (Å²) in [4.78, 5) is 25.6. The van der Waals surface area contributed by atoms with Crippen molar-refractivity contribution >= 4 is 28.0 Å². The number of aryl methyl sites for hydroxylation is 1. The molecule has 0 heterocycles. The molecule has 0 spiro atoms. The number of hydrogen-bond acceptors (Lipinski definition) is 5. The number of carbonyl (C=O) groups is 2. The molecule has 4 N–H and O–H groups in total. The number of rotatable bonds is 5. The molecule has 1 unspecified atom stereocenters. The number of aromatic hydroxyl groups is 1. The zero-order valence-corrected chi connectivity index (χ0v) is 19.0. The first-order chi connectivity index (χ1) is 16.1. The van der Waals surface area contributed by atoms with Crippen molar-refractivity contribution in [3.63, 3.8) is 0 Å². The number of amides is 2. The summed E-state index contributed by atoms with van der Waals surface area (Å²) in [6.07, 6.45) is 2.94. The van der Waals surface area contributed by atoms with Crippen LogP contribution in [0, 0.1) is 6.92 Å². The Morgan fingerprint density at radius 2 is 1.50 bits per heavy atom. The third-order valence-electron chi connectivity index (χ3n) is 5.56. The molecule has 34 heavy (non-hydrogen) atoms. The first-order valence-corrected chi connectivity index (χ1v) is 11.8. The van der Waals surface area contributed by atoms with E-state index >= 15 is 0 Å². The summed E-state index contributed by atoms with van der Waals surface area (Å²) < 4.78 is 32.4. The van der Waals surface area contributed by atoms with Gasteiger partial charge in [-0.25, -0.2) is 0 Å². The van der Waals surface area contributed by atoms with E-state index in [0.717, 1.165) is 11.6 Å². The van der Waals surface area contributed by atoms with Gasteiger partial charge in [-0.15, -0.1) is 0 Å². The molecule has 0 aromatic heterocycles. The molecular weight excluding hydrogens is 456 g/mol. The minimum Gasteiger partial charge on any atom is -0.508 e. The lowest BCUT2D eigenvalue weighted by atomic mass is 9.88. The zero-order valence-electron chi connectivity index (χ0n) is 18.1. The first kappa shape index (κ1) is 23.2. The van der Waals surface area contributed by atoms with Gasteiger partial charge in [0.25, 0.3) is 21.9 Å². The largest absolute Gasteiger partial charge is 0.508 e. The third kappa shape index (κ3) is 4.85. The topological polar surface area (TPSA) is 133 Å². The first-order valence-electron chi connectivity index (χ1n) is 10.4. The lowest BCUT2D eigenvalue weighted by molar-refractivity contribution is 0.0840. The summed E-state index contributed by atoms with van der Waals surface area (Å²) in [6, 6.07) is 17.5. The van der Waals surface area contributed by atoms with Crippen LogP contribution in [0.3, 0.4) is 0 Å². The van der Waals surface area contributed by atoms with Crippen LogP contribution in [-0.2, 0) is 16.5 Å². The Kier molecular flexibility index (Phi) is 5.99. The number of hydrogen-bond donors (Lipinski definition) is 4. The van der Waals surface area contributed by atoms with Crippen molar-refractivity contribution in [1.82, 2.24) is 10.6 Å². The lowest BCUT2D eigenvalue weighted by Crippen LogP contribution is -2.61. The highest BCUT2D eigenvalue weighted by molar-refractivity contribution is 7.85. The Morgan fingerprint density at radius 1 is 0.912 bits per heavy atom. The molecule has 2 amide bonds. The minimum absolute atomic E-state index is 0.0629. The average Bonchev–Trinajstić information content (AvgIpc) is 2.80. The van der Waals surface area contributed by atoms with Crippen LogP contribution in [0.25, 0.3) is 6.08 Å². The summed E-state index contributed by atoms with van der Waals surface area (Å²) in [5.41, 5.74) is 0.948. The van der Waals surface area contributed by atoms with Gasteiger partial charge in [0, 0.05) is 29.2 Å². The van der Waals surface area contributed by atoms with E-state index in [1.807, 2.05) is 6.92 Å². The molecule has 3 aromatic rings. The molecule has 9 heteroatoms. The van der Waals surface area contributed by atoms with E-state index in [1.165, 1.54) is 18.2 Å². The molecule has 0 saturated heterocycles. The van der Waals surface area contributed by atoms with Crippen LogP contribution < -0.4 is 10.6 Å². The van der Waals surface area contributed by atoms with Gasteiger partial charge in [-0.2, -0.15) is 8.42 Å². The standard InChI is InChI=1S/C25H22N2O6S/c1-16-7-9-18(10-8-16)24(30)27-25(26-23(29)17-5-3-2-4-6-17)12-11-19-13-20(34(31,32)33)14-22(28)21(19)15-25/h2-14,28H,15H2,1H3,(H,26,29)(H,27,30)(H,31,32,33). The second-order valence-electron chi connectivity index (χ2n) is 8.11. The van der Waals surface area contributed by atoms with Gasteiger partial charge in [-0.3, -0.25) is 14.1 Å². The van der Waals surface area contributed by atoms with Crippen molar-refractivity contribution in [2.45, 2.75) is 23.9 Å². The Morgan fingerprint density at radius 3 is 2.09 bits per heavy atom. The van der Waals surface area contributed by atoms with Gasteiger partial charge in [0.2, 0.25) is 0 Å². The molecule has 1 aliphatic rings. The molecule has 0 bridgehead atoms. The van der Waals surface area contributed by atoms with Gasteiger partial charge in [-0.1, -0.05) is 42.0 Å². The van der Waals surface area contributed by atoms with Crippen LogP contribution in [0.4, 0.5) is 0 Å². The van der Waals surface area contributed by atoms with E-state index in [-0.39, 0.29) is 6.42 Å². The average molecular weight is 479 g/mol. The van der Waals surface area contributed by atoms with Crippen molar-refractivity contribution < 1.29 is 27.7 Å². The van der Waals surface area contributed by atoms with E-state index in [9.17, 15) is 27.7 Å². The minimum atomic E-state index is -4.53. The molecule has 174 valence electrons. The summed E-state index contributed by atoms with van der Waals surface area (Å²) >= 11 is 0. The smallest absolute Gasteiger partial charge is 0.294 e. The Bertz CT molecular complexity index is 1400. The van der Waals surface area contributed by atoms with Crippen LogP contribution in [0.5, 0.6) is 5.75 Å². The second-order valence-corrected chi connectivity index (χ2v) is 9.53. The van der Waals surface area contributed by atoms with E-state index < -0.39 is 38.2 Å². The fourth-order valence-corrected chi connectivity index (χ4v) is 4.30. The Hall–Kier alpha value is -3.95. The van der Waals surface area contributed by atoms with E-state index in [2.05, 4.69) is 10.6 Å². The van der Waals surface area contributed by atoms with Crippen LogP contribution in [0.1, 0.15) is 37.4 Å². The van der Waals surface area contributed by atoms with E-state index in [0.29, 0.717) is 22.3 Å². The number of fused-ring (bicyclic) bond motifs is 1. The molecule has 0 aliphatic heterocycles. The van der Waals surface area contributed by atoms with Gasteiger partial charge in [0.15, 0.2) is 0 Å². The molecule has 1 atom stereocenters. The predicted octanol–water partition coefficient (Wildman–Crippen LogP) is 3.07. The maximum absolute atomic E-state index is 13.1. The number of benzene rings is 3. The van der Waals surface area contributed by atoms with Crippen molar-refractivity contribution in [2.75, 3.05) is 0 Å². The van der Waals surface area contributed by atoms with Gasteiger partial charge in [0.05, 0.1) is 4.90 Å². The van der Waals surface area contributed by atoms with Crippen LogP contribution >= 0.6 is 0 Å². The fraction of sp³-hybridized carbons (Fsp3) is 0.120. The molecule has 8 nitrogen and oxygen atoms in total. The highest BCUT2D eigenvalue weighted by Gasteiger charge is 2.36. The quantitative estimate of drug-likeness (QED) is 0.329. The predicted molar refractivity (Wildman–Crippen MR) is 126 cm³/mol. The zero-order chi connectivity index (χ0) is 24.5. The third-order valence-corrected chi connectivity index (χ3v) is 6.39. The molecular formula is C25H22N2O6S. The number of phenolic OH excluding ortho intramolecular Hbond substituents is 1. The van der Waals surface area contributed by atoms with Crippen molar-refractivity contribution in [1.29, 1.82) is 0 Å². The van der Waals surface area contributed by atoms with Gasteiger partial charge < -0.3 is 15.7 Å². The number of nitrogens with one attached hydrogen (secondary N) is 2. The van der Waals surface area contributed by atoms with Gasteiger partial charge in [-0.05, 0) is 48.9 Å². The molecule has 0 saturated carbocycles. The molecule has 0 fully saturated rings. The summed E-state index contributed by atoms with van der Waals surface area (Å²) in [6.45, 7) is 1.90. The molecule has 3 aromatic carbocycles. The summed E-state index contributed by atoms with van der Waals surface area (Å²) in [5.74, 6) is -1.29. The van der Waals surface area contributed by atoms with Gasteiger partial charge >= 0.3 is 0 Å². The fourth-order valence-electron chi connectivity index (χ4n) is 3.76. The summed E-state index contributed by atoms with van der Waals surface area (Å²) in [7, 11) is -4.53. The molecule has 4 rings (SSSR count). The van der Waals surface area contributed by atoms with Crippen LogP contribution in [-0.4, -0.2) is 35.6 Å². The van der Waals surface area contributed by atoms with Crippen LogP contribution in [0.2, 0.25) is 0 Å². The second kappa shape index (κ2) is 8.77. The Labute approximate surface area is 196 Å². The maximum Gasteiger partial charge on any atom is 0.294 e. The van der Waals surface area contributed by atoms with Gasteiger partial charge in [0.1, 0.15) is 11.4 Å². The van der Waals surface area contributed by atoms with Crippen molar-refractivity contribution in [3.05, 3.63) is 101 Å². The van der Waals surface area contributed by atoms with Crippen molar-refractivity contribution in [3.8, 4) is 5.75 Å². The maximum atomic E-state index is 13.1. The summed E-state index contributed by atoms with van der Waals surface area (Å²) in [5, 5.41) is 16.2. The van der Waals surface area contributed by atoms with E-state index in [4.69, 9.17) is 0 Å². The lowest BCUT2D eigenvalue weighted by Gasteiger charge is -2.36. The van der Waals surface area contributed by atoms with Crippen LogP contribution in [0.15, 0.2) is 77.7 Å². The number of carbonyl (C=O) groups excluding carboxylic acids is 2. The highest BCUT2D eigenvalue weighted by Crippen LogP contribution is 2.34. The number of phenols is 1. The van der Waals surface area contributed by atoms with E-state index in [1.54, 1.807) is 54.6 Å². The highest BCUT2D eigenvalue weighted by atomic mass is 32.2. The molecule has 0 radical (unpaired) electrons.